The van der Waals surface area contributed by atoms with E-state index in [4.69, 9.17) is 32.8 Å². The van der Waals surface area contributed by atoms with Gasteiger partial charge >= 0.3 is 0 Å². The molecule has 1 aromatic rings. The number of nitriles is 2. The lowest BCUT2D eigenvalue weighted by Gasteiger charge is -2.16. The normalized spacial score (nSPS) is 8.78. The lowest BCUT2D eigenvalue weighted by atomic mass is 10.2. The third kappa shape index (κ3) is 2.46. The number of nitrogens with one attached hydrogen (secondary N) is 2. The molecule has 0 spiro atoms. The van der Waals surface area contributed by atoms with Crippen molar-refractivity contribution in [2.75, 3.05) is 9.80 Å². The summed E-state index contributed by atoms with van der Waals surface area (Å²) in [6, 6.07) is 5.97. The van der Waals surface area contributed by atoms with Crippen molar-refractivity contribution in [3.05, 3.63) is 24.3 Å². The van der Waals surface area contributed by atoms with E-state index in [0.717, 1.165) is 9.80 Å². The van der Waals surface area contributed by atoms with Gasteiger partial charge in [-0.25, -0.2) is 9.80 Å². The van der Waals surface area contributed by atoms with Gasteiger partial charge < -0.3 is 11.5 Å². The highest BCUT2D eigenvalue weighted by atomic mass is 15.2. The average Bonchev–Trinajstić information content (AvgIpc) is 2.32. The van der Waals surface area contributed by atoms with E-state index >= 15 is 0 Å². The second-order valence-corrected chi connectivity index (χ2v) is 3.16. The average molecular weight is 242 g/mol. The van der Waals surface area contributed by atoms with Crippen LogP contribution in [0.1, 0.15) is 0 Å². The molecule has 18 heavy (non-hydrogen) atoms. The molecule has 0 aliphatic rings. The SMILES string of the molecule is N#CN(C(=N)N)c1ccc(N(C#N)C(=N)N)cc1. The summed E-state index contributed by atoms with van der Waals surface area (Å²) in [5.41, 5.74) is 11.2. The zero-order valence-corrected chi connectivity index (χ0v) is 9.25. The molecule has 0 aliphatic carbocycles. The topological polar surface area (TPSA) is 154 Å². The molecule has 0 unspecified atom stereocenters. The maximum absolute atomic E-state index is 8.80. The number of guanidine groups is 2. The minimum absolute atomic E-state index is 0.384. The second-order valence-electron chi connectivity index (χ2n) is 3.16. The summed E-state index contributed by atoms with van der Waals surface area (Å²) in [4.78, 5) is 1.82. The molecule has 0 aliphatic heterocycles. The lowest BCUT2D eigenvalue weighted by Crippen LogP contribution is -2.33. The predicted octanol–water partition coefficient (Wildman–Crippen LogP) is 0.0485. The van der Waals surface area contributed by atoms with Crippen LogP contribution in [0.25, 0.3) is 0 Å². The highest BCUT2D eigenvalue weighted by Crippen LogP contribution is 2.19. The third-order valence-corrected chi connectivity index (χ3v) is 2.05. The van der Waals surface area contributed by atoms with Crippen LogP contribution in [-0.2, 0) is 0 Å². The maximum atomic E-state index is 8.80. The van der Waals surface area contributed by atoms with Crippen molar-refractivity contribution in [1.29, 1.82) is 21.3 Å². The number of benzene rings is 1. The van der Waals surface area contributed by atoms with Crippen LogP contribution in [0.4, 0.5) is 11.4 Å². The first kappa shape index (κ1) is 12.8. The Bertz CT molecular complexity index is 496. The van der Waals surface area contributed by atoms with Crippen molar-refractivity contribution in [3.8, 4) is 12.4 Å². The van der Waals surface area contributed by atoms with Gasteiger partial charge in [0.1, 0.15) is 0 Å². The Hall–Kier alpha value is -3.26. The van der Waals surface area contributed by atoms with Crippen LogP contribution in [0, 0.1) is 33.7 Å². The highest BCUT2D eigenvalue weighted by Gasteiger charge is 2.11. The molecular weight excluding hydrogens is 232 g/mol. The van der Waals surface area contributed by atoms with E-state index in [1.54, 1.807) is 12.4 Å². The first-order valence-electron chi connectivity index (χ1n) is 4.69. The fourth-order valence-electron chi connectivity index (χ4n) is 1.25. The predicted molar refractivity (Wildman–Crippen MR) is 66.5 cm³/mol. The maximum Gasteiger partial charge on any atom is 0.206 e. The molecule has 1 aromatic carbocycles. The molecular formula is C10H10N8. The van der Waals surface area contributed by atoms with Crippen LogP contribution in [0.15, 0.2) is 24.3 Å². The van der Waals surface area contributed by atoms with Crippen molar-refractivity contribution in [2.24, 2.45) is 11.5 Å². The van der Waals surface area contributed by atoms with Crippen LogP contribution >= 0.6 is 0 Å². The summed E-state index contributed by atoms with van der Waals surface area (Å²) in [5, 5.41) is 32.0. The van der Waals surface area contributed by atoms with Gasteiger partial charge in [0.05, 0.1) is 11.4 Å². The van der Waals surface area contributed by atoms with Gasteiger partial charge in [-0.15, -0.1) is 0 Å². The summed E-state index contributed by atoms with van der Waals surface area (Å²) in [7, 11) is 0. The molecule has 0 bridgehead atoms. The van der Waals surface area contributed by atoms with Crippen molar-refractivity contribution < 1.29 is 0 Å². The van der Waals surface area contributed by atoms with Crippen LogP contribution in [0.3, 0.4) is 0 Å². The van der Waals surface area contributed by atoms with E-state index in [2.05, 4.69) is 0 Å². The minimum Gasteiger partial charge on any atom is -0.369 e. The zero-order chi connectivity index (χ0) is 13.7. The minimum atomic E-state index is -0.408. The number of anilines is 2. The molecule has 0 radical (unpaired) electrons. The van der Waals surface area contributed by atoms with Crippen LogP contribution in [-0.4, -0.2) is 11.9 Å². The molecule has 0 saturated carbocycles. The quantitative estimate of drug-likeness (QED) is 0.248. The second kappa shape index (κ2) is 5.18. The van der Waals surface area contributed by atoms with Gasteiger partial charge in [-0.1, -0.05) is 0 Å². The fraction of sp³-hybridized carbons (Fsp3) is 0. The molecule has 0 atom stereocenters. The Morgan fingerprint density at radius 2 is 1.17 bits per heavy atom. The van der Waals surface area contributed by atoms with Gasteiger partial charge in [0.15, 0.2) is 12.4 Å². The molecule has 6 N–H and O–H groups in total. The largest absolute Gasteiger partial charge is 0.369 e. The Morgan fingerprint density at radius 1 is 0.889 bits per heavy atom. The summed E-state index contributed by atoms with van der Waals surface area (Å²) >= 11 is 0. The number of nitrogens with zero attached hydrogens (tertiary/aromatic N) is 4. The van der Waals surface area contributed by atoms with Gasteiger partial charge in [-0.3, -0.25) is 10.8 Å². The van der Waals surface area contributed by atoms with Gasteiger partial charge in [-0.2, -0.15) is 10.5 Å². The Balaban J connectivity index is 3.07. The molecule has 8 nitrogen and oxygen atoms in total. The van der Waals surface area contributed by atoms with Gasteiger partial charge in [0, 0.05) is 0 Å². The van der Waals surface area contributed by atoms with Crippen molar-refractivity contribution >= 4 is 23.3 Å². The zero-order valence-electron chi connectivity index (χ0n) is 9.25. The molecule has 0 aromatic heterocycles. The lowest BCUT2D eigenvalue weighted by molar-refractivity contribution is 1.23. The van der Waals surface area contributed by atoms with E-state index in [0.29, 0.717) is 11.4 Å². The van der Waals surface area contributed by atoms with Crippen LogP contribution in [0.2, 0.25) is 0 Å². The Labute approximate surface area is 103 Å². The van der Waals surface area contributed by atoms with E-state index < -0.39 is 11.9 Å². The molecule has 0 amide bonds. The number of nitrogens with two attached hydrogens (primary N) is 2. The molecule has 0 fully saturated rings. The van der Waals surface area contributed by atoms with E-state index in [9.17, 15) is 0 Å². The summed E-state index contributed by atoms with van der Waals surface area (Å²) in [5.74, 6) is -0.817. The van der Waals surface area contributed by atoms with Gasteiger partial charge in [0.2, 0.25) is 11.9 Å². The highest BCUT2D eigenvalue weighted by molar-refractivity contribution is 5.97. The van der Waals surface area contributed by atoms with E-state index in [1.165, 1.54) is 24.3 Å². The van der Waals surface area contributed by atoms with Crippen molar-refractivity contribution in [3.63, 3.8) is 0 Å². The van der Waals surface area contributed by atoms with Crippen molar-refractivity contribution in [2.45, 2.75) is 0 Å². The summed E-state index contributed by atoms with van der Waals surface area (Å²) in [6.45, 7) is 0. The first-order valence-corrected chi connectivity index (χ1v) is 4.69. The van der Waals surface area contributed by atoms with E-state index in [1.807, 2.05) is 0 Å². The Morgan fingerprint density at radius 3 is 1.33 bits per heavy atom. The molecule has 0 saturated heterocycles. The summed E-state index contributed by atoms with van der Waals surface area (Å²) in [6.07, 6.45) is 3.48. The fourth-order valence-corrected chi connectivity index (χ4v) is 1.25. The number of rotatable bonds is 2. The first-order chi connectivity index (χ1) is 8.51. The third-order valence-electron chi connectivity index (χ3n) is 2.05. The van der Waals surface area contributed by atoms with Crippen molar-refractivity contribution in [1.82, 2.24) is 0 Å². The molecule has 1 rings (SSSR count). The van der Waals surface area contributed by atoms with Crippen LogP contribution < -0.4 is 21.3 Å². The van der Waals surface area contributed by atoms with Crippen LogP contribution in [0.5, 0.6) is 0 Å². The number of hydrogen-bond donors (Lipinski definition) is 4. The summed E-state index contributed by atoms with van der Waals surface area (Å²) < 4.78 is 0. The smallest absolute Gasteiger partial charge is 0.206 e. The van der Waals surface area contributed by atoms with Gasteiger partial charge in [-0.05, 0) is 24.3 Å². The standard InChI is InChI=1S/C10H10N8/c11-5-17(9(13)14)7-1-2-8(4-3-7)18(6-12)10(15)16/h1-4H,(H3,13,14)(H3,15,16). The molecule has 0 heterocycles. The van der Waals surface area contributed by atoms with E-state index in [-0.39, 0.29) is 0 Å². The number of hydrogen-bond acceptors (Lipinski definition) is 4. The molecule has 8 heteroatoms. The monoisotopic (exact) mass is 242 g/mol. The Kier molecular flexibility index (Phi) is 3.69. The molecule has 90 valence electrons. The van der Waals surface area contributed by atoms with Gasteiger partial charge in [0.25, 0.3) is 0 Å².